The van der Waals surface area contributed by atoms with Crippen LogP contribution in [0.25, 0.3) is 0 Å². The van der Waals surface area contributed by atoms with E-state index < -0.39 is 11.7 Å². The summed E-state index contributed by atoms with van der Waals surface area (Å²) in [5.41, 5.74) is -0.471. The van der Waals surface area contributed by atoms with Crippen LogP contribution in [0.1, 0.15) is 47.0 Å². The van der Waals surface area contributed by atoms with Gasteiger partial charge < -0.3 is 14.7 Å². The normalized spacial score (nSPS) is 23.3. The Hall–Kier alpha value is -0.770. The van der Waals surface area contributed by atoms with Crippen molar-refractivity contribution in [3.63, 3.8) is 0 Å². The van der Waals surface area contributed by atoms with E-state index in [1.165, 1.54) is 0 Å². The van der Waals surface area contributed by atoms with E-state index in [9.17, 15) is 9.90 Å². The van der Waals surface area contributed by atoms with Crippen molar-refractivity contribution in [2.45, 2.75) is 64.7 Å². The summed E-state index contributed by atoms with van der Waals surface area (Å²) < 4.78 is 5.32. The Morgan fingerprint density at radius 1 is 1.56 bits per heavy atom. The molecule has 0 aromatic heterocycles. The molecule has 1 aliphatic rings. The fourth-order valence-corrected chi connectivity index (χ4v) is 2.01. The molecule has 1 amide bonds. The zero-order valence-corrected chi connectivity index (χ0v) is 10.7. The first kappa shape index (κ1) is 13.3. The van der Waals surface area contributed by atoms with Crippen molar-refractivity contribution >= 4 is 6.09 Å². The number of hydrogen-bond acceptors (Lipinski definition) is 3. The molecule has 0 radical (unpaired) electrons. The summed E-state index contributed by atoms with van der Waals surface area (Å²) >= 11 is 0. The average Bonchev–Trinajstić information content (AvgIpc) is 2.62. The number of carbonyl (C=O) groups is 1. The third kappa shape index (κ3) is 3.37. The van der Waals surface area contributed by atoms with Crippen molar-refractivity contribution in [1.82, 2.24) is 4.90 Å². The summed E-state index contributed by atoms with van der Waals surface area (Å²) in [6.07, 6.45) is 1.75. The second-order valence-corrected chi connectivity index (χ2v) is 5.36. The molecule has 0 bridgehead atoms. The van der Waals surface area contributed by atoms with Gasteiger partial charge in [-0.15, -0.1) is 0 Å². The van der Waals surface area contributed by atoms with Crippen LogP contribution in [-0.4, -0.2) is 40.4 Å². The van der Waals surface area contributed by atoms with Crippen LogP contribution >= 0.6 is 0 Å². The number of likely N-dealkylation sites (tertiary alicyclic amines) is 1. The smallest absolute Gasteiger partial charge is 0.410 e. The Morgan fingerprint density at radius 3 is 2.69 bits per heavy atom. The van der Waals surface area contributed by atoms with E-state index in [1.54, 1.807) is 4.90 Å². The van der Waals surface area contributed by atoms with Crippen molar-refractivity contribution in [3.05, 3.63) is 0 Å². The van der Waals surface area contributed by atoms with Crippen molar-refractivity contribution < 1.29 is 14.6 Å². The highest BCUT2D eigenvalue weighted by Crippen LogP contribution is 2.24. The molecule has 1 saturated heterocycles. The highest BCUT2D eigenvalue weighted by molar-refractivity contribution is 5.69. The van der Waals surface area contributed by atoms with Crippen LogP contribution in [0, 0.1) is 0 Å². The first-order valence-corrected chi connectivity index (χ1v) is 6.03. The summed E-state index contributed by atoms with van der Waals surface area (Å²) in [7, 11) is 0. The third-order valence-electron chi connectivity index (χ3n) is 2.79. The Bertz CT molecular complexity index is 247. The van der Waals surface area contributed by atoms with Crippen molar-refractivity contribution in [2.75, 3.05) is 6.54 Å². The van der Waals surface area contributed by atoms with Gasteiger partial charge in [-0.1, -0.05) is 6.92 Å². The molecule has 94 valence electrons. The fourth-order valence-electron chi connectivity index (χ4n) is 2.01. The Morgan fingerprint density at radius 2 is 2.19 bits per heavy atom. The van der Waals surface area contributed by atoms with Crippen LogP contribution in [0.5, 0.6) is 0 Å². The molecule has 1 rings (SSSR count). The molecule has 0 aromatic rings. The molecule has 4 nitrogen and oxygen atoms in total. The molecular weight excluding hydrogens is 206 g/mol. The highest BCUT2D eigenvalue weighted by atomic mass is 16.6. The zero-order valence-electron chi connectivity index (χ0n) is 10.7. The number of ether oxygens (including phenoxy) is 1. The predicted octanol–water partition coefficient (Wildman–Crippen LogP) is 2.16. The van der Waals surface area contributed by atoms with Gasteiger partial charge in [-0.2, -0.15) is 0 Å². The van der Waals surface area contributed by atoms with Gasteiger partial charge in [0.15, 0.2) is 0 Å². The topological polar surface area (TPSA) is 49.8 Å². The van der Waals surface area contributed by atoms with Gasteiger partial charge >= 0.3 is 6.09 Å². The summed E-state index contributed by atoms with van der Waals surface area (Å²) in [6, 6.07) is -0.0696. The van der Waals surface area contributed by atoms with Gasteiger partial charge in [0.1, 0.15) is 5.60 Å². The maximum Gasteiger partial charge on any atom is 0.410 e. The summed E-state index contributed by atoms with van der Waals surface area (Å²) in [5, 5.41) is 9.83. The van der Waals surface area contributed by atoms with Gasteiger partial charge in [-0.3, -0.25) is 0 Å². The molecule has 0 aromatic carbocycles. The van der Waals surface area contributed by atoms with Crippen LogP contribution in [0.2, 0.25) is 0 Å². The number of aliphatic hydroxyl groups is 1. The average molecular weight is 229 g/mol. The van der Waals surface area contributed by atoms with E-state index in [1.807, 2.05) is 27.7 Å². The molecule has 0 spiro atoms. The number of hydrogen-bond donors (Lipinski definition) is 1. The second kappa shape index (κ2) is 5.04. The van der Waals surface area contributed by atoms with E-state index in [0.29, 0.717) is 13.0 Å². The molecule has 0 unspecified atom stereocenters. The number of aliphatic hydroxyl groups excluding tert-OH is 1. The lowest BCUT2D eigenvalue weighted by Gasteiger charge is -2.30. The lowest BCUT2D eigenvalue weighted by molar-refractivity contribution is 0.00475. The molecule has 1 N–H and O–H groups in total. The number of nitrogens with zero attached hydrogens (tertiary/aromatic N) is 1. The molecular formula is C12H23NO3. The standard InChI is InChI=1S/C12H23NO3/c1-5-10(14)9-7-6-8-13(9)11(15)16-12(2,3)4/h9-10,14H,5-8H2,1-4H3/t9-,10+/m1/s1. The van der Waals surface area contributed by atoms with E-state index in [2.05, 4.69) is 0 Å². The van der Waals surface area contributed by atoms with Gasteiger partial charge in [-0.05, 0) is 40.0 Å². The van der Waals surface area contributed by atoms with Gasteiger partial charge in [0.2, 0.25) is 0 Å². The monoisotopic (exact) mass is 229 g/mol. The lowest BCUT2D eigenvalue weighted by Crippen LogP contribution is -2.44. The molecule has 1 fully saturated rings. The minimum absolute atomic E-state index is 0.0696. The maximum atomic E-state index is 11.9. The van der Waals surface area contributed by atoms with Crippen molar-refractivity contribution in [3.8, 4) is 0 Å². The van der Waals surface area contributed by atoms with Gasteiger partial charge in [0.25, 0.3) is 0 Å². The number of rotatable bonds is 2. The molecule has 4 heteroatoms. The van der Waals surface area contributed by atoms with E-state index >= 15 is 0 Å². The third-order valence-corrected chi connectivity index (χ3v) is 2.79. The molecule has 0 saturated carbocycles. The minimum Gasteiger partial charge on any atom is -0.444 e. The number of carbonyl (C=O) groups excluding carboxylic acids is 1. The zero-order chi connectivity index (χ0) is 12.3. The van der Waals surface area contributed by atoms with Gasteiger partial charge in [-0.25, -0.2) is 4.79 Å². The SMILES string of the molecule is CC[C@H](O)[C@H]1CCCN1C(=O)OC(C)(C)C. The summed E-state index contributed by atoms with van der Waals surface area (Å²) in [6.45, 7) is 8.18. The van der Waals surface area contributed by atoms with Crippen LogP contribution in [-0.2, 0) is 4.74 Å². The molecule has 1 aliphatic heterocycles. The summed E-state index contributed by atoms with van der Waals surface area (Å²) in [5.74, 6) is 0. The fraction of sp³-hybridized carbons (Fsp3) is 0.917. The van der Waals surface area contributed by atoms with Crippen LogP contribution in [0.3, 0.4) is 0 Å². The van der Waals surface area contributed by atoms with E-state index in [-0.39, 0.29) is 12.1 Å². The van der Waals surface area contributed by atoms with Crippen LogP contribution in [0.15, 0.2) is 0 Å². The van der Waals surface area contributed by atoms with Gasteiger partial charge in [0, 0.05) is 6.54 Å². The molecule has 2 atom stereocenters. The summed E-state index contributed by atoms with van der Waals surface area (Å²) in [4.78, 5) is 13.6. The largest absolute Gasteiger partial charge is 0.444 e. The number of amides is 1. The van der Waals surface area contributed by atoms with Crippen LogP contribution in [0.4, 0.5) is 4.79 Å². The second-order valence-electron chi connectivity index (χ2n) is 5.36. The minimum atomic E-state index is -0.471. The Labute approximate surface area is 97.6 Å². The highest BCUT2D eigenvalue weighted by Gasteiger charge is 2.35. The van der Waals surface area contributed by atoms with Gasteiger partial charge in [0.05, 0.1) is 12.1 Å². The first-order chi connectivity index (χ1) is 7.35. The molecule has 0 aliphatic carbocycles. The quantitative estimate of drug-likeness (QED) is 0.789. The Kier molecular flexibility index (Phi) is 4.19. The van der Waals surface area contributed by atoms with Crippen molar-refractivity contribution in [1.29, 1.82) is 0 Å². The Balaban J connectivity index is 2.61. The van der Waals surface area contributed by atoms with Crippen molar-refractivity contribution in [2.24, 2.45) is 0 Å². The predicted molar refractivity (Wildman–Crippen MR) is 62.3 cm³/mol. The van der Waals surface area contributed by atoms with E-state index in [0.717, 1.165) is 12.8 Å². The molecule has 1 heterocycles. The first-order valence-electron chi connectivity index (χ1n) is 6.03. The molecule has 16 heavy (non-hydrogen) atoms. The van der Waals surface area contributed by atoms with Crippen LogP contribution < -0.4 is 0 Å². The maximum absolute atomic E-state index is 11.9. The lowest BCUT2D eigenvalue weighted by atomic mass is 10.1. The van der Waals surface area contributed by atoms with E-state index in [4.69, 9.17) is 4.74 Å².